The molecule has 2 saturated heterocycles. The minimum absolute atomic E-state index is 0.101. The highest BCUT2D eigenvalue weighted by atomic mass is 16.4. The molecule has 5 atom stereocenters. The van der Waals surface area contributed by atoms with Crippen LogP contribution in [0.5, 0.6) is 0 Å². The number of aliphatic hydroxyl groups is 1. The lowest BCUT2D eigenvalue weighted by Crippen LogP contribution is -2.54. The number of carboxylic acid groups (broad SMARTS) is 1. The van der Waals surface area contributed by atoms with Crippen molar-refractivity contribution < 1.29 is 15.0 Å². The summed E-state index contributed by atoms with van der Waals surface area (Å²) < 4.78 is 0. The van der Waals surface area contributed by atoms with E-state index >= 15 is 0 Å². The molecule has 5 heteroatoms. The van der Waals surface area contributed by atoms with Gasteiger partial charge in [0.1, 0.15) is 0 Å². The monoisotopic (exact) mass is 410 g/mol. The van der Waals surface area contributed by atoms with Crippen molar-refractivity contribution in [2.75, 3.05) is 13.1 Å². The highest BCUT2D eigenvalue weighted by molar-refractivity contribution is 5.79. The fourth-order valence-electron chi connectivity index (χ4n) is 4.90. The average molecular weight is 411 g/mol. The maximum absolute atomic E-state index is 12.2. The second kappa shape index (κ2) is 12.3. The zero-order valence-electron chi connectivity index (χ0n) is 19.2. The Labute approximate surface area is 178 Å². The molecular formula is C24H46N2O3. The molecule has 2 rings (SSSR count). The Kier molecular flexibility index (Phi) is 10.4. The van der Waals surface area contributed by atoms with Crippen molar-refractivity contribution in [1.29, 1.82) is 0 Å². The first-order valence-electron chi connectivity index (χ1n) is 12.4. The highest BCUT2D eigenvalue weighted by Crippen LogP contribution is 2.42. The largest absolute Gasteiger partial charge is 0.479 e. The third-order valence-electron chi connectivity index (χ3n) is 6.97. The lowest BCUT2D eigenvalue weighted by Gasteiger charge is -2.34. The van der Waals surface area contributed by atoms with Gasteiger partial charge >= 0.3 is 5.97 Å². The van der Waals surface area contributed by atoms with Crippen LogP contribution in [0.3, 0.4) is 0 Å². The standard InChI is InChI=1S/C24H46N2O3/c1-4-5-6-12-15-22(27)16-13-10-8-7-9-11-14-17-24(23(28)29,25-18-20(25)2)26-19-21(26)3/h20-22,27H,4-19H2,1-3H3,(H,28,29). The minimum Gasteiger partial charge on any atom is -0.479 e. The smallest absolute Gasteiger partial charge is 0.339 e. The van der Waals surface area contributed by atoms with Gasteiger partial charge in [-0.25, -0.2) is 4.79 Å². The lowest BCUT2D eigenvalue weighted by molar-refractivity contribution is -0.156. The van der Waals surface area contributed by atoms with Gasteiger partial charge in [0.15, 0.2) is 5.66 Å². The van der Waals surface area contributed by atoms with E-state index < -0.39 is 11.6 Å². The molecule has 0 saturated carbocycles. The Morgan fingerprint density at radius 3 is 1.69 bits per heavy atom. The van der Waals surface area contributed by atoms with E-state index in [4.69, 9.17) is 0 Å². The van der Waals surface area contributed by atoms with Gasteiger partial charge in [-0.05, 0) is 39.5 Å². The van der Waals surface area contributed by atoms with Crippen molar-refractivity contribution in [2.24, 2.45) is 0 Å². The van der Waals surface area contributed by atoms with Gasteiger partial charge in [0.05, 0.1) is 6.10 Å². The van der Waals surface area contributed by atoms with Gasteiger partial charge in [0, 0.05) is 25.2 Å². The summed E-state index contributed by atoms with van der Waals surface area (Å²) in [6.45, 7) is 8.32. The van der Waals surface area contributed by atoms with Crippen LogP contribution in [-0.2, 0) is 4.79 Å². The number of rotatable bonds is 18. The van der Waals surface area contributed by atoms with E-state index in [0.717, 1.165) is 51.6 Å². The molecule has 2 heterocycles. The number of carbonyl (C=O) groups is 1. The summed E-state index contributed by atoms with van der Waals surface area (Å²) in [7, 11) is 0. The SMILES string of the molecule is CCCCCCC(O)CCCCCCCCCC(C(=O)O)(N1CC1C)N1CC1C. The van der Waals surface area contributed by atoms with E-state index in [1.165, 1.54) is 51.4 Å². The second-order valence-corrected chi connectivity index (χ2v) is 9.64. The van der Waals surface area contributed by atoms with Crippen LogP contribution >= 0.6 is 0 Å². The molecule has 0 aromatic carbocycles. The van der Waals surface area contributed by atoms with E-state index in [0.29, 0.717) is 12.1 Å². The fraction of sp³-hybridized carbons (Fsp3) is 0.958. The number of aliphatic hydroxyl groups excluding tert-OH is 1. The van der Waals surface area contributed by atoms with Crippen molar-refractivity contribution in [3.05, 3.63) is 0 Å². The predicted octanol–water partition coefficient (Wildman–Crippen LogP) is 5.02. The highest BCUT2D eigenvalue weighted by Gasteiger charge is 2.61. The number of hydrogen-bond donors (Lipinski definition) is 2. The summed E-state index contributed by atoms with van der Waals surface area (Å²) in [6, 6.07) is 0.807. The van der Waals surface area contributed by atoms with Crippen molar-refractivity contribution in [3.8, 4) is 0 Å². The van der Waals surface area contributed by atoms with Gasteiger partial charge in [-0.2, -0.15) is 0 Å². The molecule has 29 heavy (non-hydrogen) atoms. The van der Waals surface area contributed by atoms with E-state index in [1.807, 2.05) is 0 Å². The molecule has 5 unspecified atom stereocenters. The Morgan fingerprint density at radius 2 is 1.28 bits per heavy atom. The van der Waals surface area contributed by atoms with Gasteiger partial charge in [-0.15, -0.1) is 0 Å². The number of carboxylic acids is 1. The molecule has 2 N–H and O–H groups in total. The van der Waals surface area contributed by atoms with Crippen molar-refractivity contribution in [2.45, 2.75) is 135 Å². The summed E-state index contributed by atoms with van der Waals surface area (Å²) in [6.07, 6.45) is 15.7. The minimum atomic E-state index is -0.744. The Hall–Kier alpha value is -0.650. The van der Waals surface area contributed by atoms with E-state index in [-0.39, 0.29) is 6.10 Å². The van der Waals surface area contributed by atoms with Crippen LogP contribution in [0.15, 0.2) is 0 Å². The summed E-state index contributed by atoms with van der Waals surface area (Å²) in [5.74, 6) is -0.653. The fourth-order valence-corrected chi connectivity index (χ4v) is 4.90. The first-order valence-corrected chi connectivity index (χ1v) is 12.4. The molecule has 0 aromatic rings. The molecular weight excluding hydrogens is 364 g/mol. The predicted molar refractivity (Wildman–Crippen MR) is 119 cm³/mol. The van der Waals surface area contributed by atoms with Crippen LogP contribution in [0, 0.1) is 0 Å². The summed E-state index contributed by atoms with van der Waals surface area (Å²) in [5.41, 5.74) is -0.744. The first kappa shape index (κ1) is 24.6. The van der Waals surface area contributed by atoms with Crippen LogP contribution in [0.25, 0.3) is 0 Å². The molecule has 0 spiro atoms. The number of hydrogen-bond acceptors (Lipinski definition) is 4. The topological polar surface area (TPSA) is 63.5 Å². The zero-order chi connectivity index (χ0) is 21.3. The van der Waals surface area contributed by atoms with E-state index in [1.54, 1.807) is 0 Å². The van der Waals surface area contributed by atoms with Gasteiger partial charge in [0.2, 0.25) is 0 Å². The zero-order valence-corrected chi connectivity index (χ0v) is 19.2. The van der Waals surface area contributed by atoms with Crippen molar-refractivity contribution in [1.82, 2.24) is 9.80 Å². The lowest BCUT2D eigenvalue weighted by atomic mass is 9.98. The molecule has 0 aliphatic carbocycles. The molecule has 2 aliphatic rings. The Morgan fingerprint density at radius 1 is 0.862 bits per heavy atom. The van der Waals surface area contributed by atoms with Crippen LogP contribution < -0.4 is 0 Å². The number of aliphatic carboxylic acids is 1. The molecule has 2 fully saturated rings. The molecule has 0 amide bonds. The van der Waals surface area contributed by atoms with Crippen LogP contribution in [0.4, 0.5) is 0 Å². The molecule has 0 radical (unpaired) electrons. The van der Waals surface area contributed by atoms with Gasteiger partial charge in [-0.1, -0.05) is 71.1 Å². The average Bonchev–Trinajstić information content (AvgIpc) is 3.59. The molecule has 0 aromatic heterocycles. The number of nitrogens with zero attached hydrogens (tertiary/aromatic N) is 2. The van der Waals surface area contributed by atoms with Crippen LogP contribution in [0.1, 0.15) is 111 Å². The normalized spacial score (nSPS) is 28.7. The molecule has 2 aliphatic heterocycles. The van der Waals surface area contributed by atoms with Gasteiger partial charge in [-0.3, -0.25) is 9.80 Å². The number of unbranched alkanes of at least 4 members (excludes halogenated alkanes) is 9. The molecule has 5 nitrogen and oxygen atoms in total. The van der Waals surface area contributed by atoms with Gasteiger partial charge < -0.3 is 10.2 Å². The molecule has 170 valence electrons. The Bertz CT molecular complexity index is 469. The summed E-state index contributed by atoms with van der Waals surface area (Å²) in [5, 5.41) is 20.0. The third-order valence-corrected chi connectivity index (χ3v) is 6.97. The van der Waals surface area contributed by atoms with E-state index in [2.05, 4.69) is 30.6 Å². The Balaban J connectivity index is 1.51. The van der Waals surface area contributed by atoms with Crippen LogP contribution in [-0.4, -0.2) is 62.9 Å². The maximum Gasteiger partial charge on any atom is 0.339 e. The van der Waals surface area contributed by atoms with E-state index in [9.17, 15) is 15.0 Å². The summed E-state index contributed by atoms with van der Waals surface area (Å²) >= 11 is 0. The quantitative estimate of drug-likeness (QED) is 0.245. The van der Waals surface area contributed by atoms with Crippen LogP contribution in [0.2, 0.25) is 0 Å². The van der Waals surface area contributed by atoms with Crippen molar-refractivity contribution in [3.63, 3.8) is 0 Å². The second-order valence-electron chi connectivity index (χ2n) is 9.64. The maximum atomic E-state index is 12.2. The van der Waals surface area contributed by atoms with Crippen molar-refractivity contribution >= 4 is 5.97 Å². The molecule has 0 bridgehead atoms. The van der Waals surface area contributed by atoms with Gasteiger partial charge in [0.25, 0.3) is 0 Å². The summed E-state index contributed by atoms with van der Waals surface area (Å²) in [4.78, 5) is 16.5. The first-order chi connectivity index (χ1) is 13.9. The third kappa shape index (κ3) is 7.52.